The Bertz CT molecular complexity index is 2140. The molecule has 272 valence electrons. The maximum atomic E-state index is 13.3. The van der Waals surface area contributed by atoms with Crippen molar-refractivity contribution in [1.29, 1.82) is 0 Å². The minimum absolute atomic E-state index is 0.0998. The number of hydrogen-bond donors (Lipinski definition) is 5. The fourth-order valence-corrected chi connectivity index (χ4v) is 7.37. The Hall–Kier alpha value is -5.00. The van der Waals surface area contributed by atoms with Gasteiger partial charge in [-0.2, -0.15) is 5.10 Å². The van der Waals surface area contributed by atoms with Crippen LogP contribution in [0.25, 0.3) is 21.4 Å². The van der Waals surface area contributed by atoms with Gasteiger partial charge >= 0.3 is 5.91 Å². The monoisotopic (exact) mass is 735 g/mol. The maximum absolute atomic E-state index is 13.3. The molecule has 0 fully saturated rings. The van der Waals surface area contributed by atoms with Crippen LogP contribution in [0.3, 0.4) is 0 Å². The van der Waals surface area contributed by atoms with Crippen molar-refractivity contribution in [2.24, 2.45) is 11.5 Å². The highest BCUT2D eigenvalue weighted by atomic mass is 32.1. The molecule has 51 heavy (non-hydrogen) atoms. The van der Waals surface area contributed by atoms with Crippen molar-refractivity contribution < 1.29 is 28.2 Å². The number of rotatable bonds is 15. The van der Waals surface area contributed by atoms with Gasteiger partial charge in [-0.15, -0.1) is 16.0 Å². The first kappa shape index (κ1) is 37.3. The first-order valence-corrected chi connectivity index (χ1v) is 20.4. The number of aromatic nitrogens is 6. The number of hydrogen-bond acceptors (Lipinski definition) is 9. The Kier molecular flexibility index (Phi) is 10.7. The molecule has 0 aliphatic heterocycles. The van der Waals surface area contributed by atoms with Crippen molar-refractivity contribution in [1.82, 2.24) is 24.2 Å². The molecule has 4 aromatic heterocycles. The number of anilines is 2. The van der Waals surface area contributed by atoms with Crippen LogP contribution in [0.2, 0.25) is 18.1 Å². The van der Waals surface area contributed by atoms with E-state index in [9.17, 15) is 14.4 Å². The van der Waals surface area contributed by atoms with Crippen LogP contribution >= 0.6 is 11.3 Å². The molecule has 4 heterocycles. The van der Waals surface area contributed by atoms with Crippen LogP contribution in [0.15, 0.2) is 36.4 Å². The number of amides is 3. The summed E-state index contributed by atoms with van der Waals surface area (Å²) < 4.78 is 17.8. The van der Waals surface area contributed by atoms with E-state index in [1.165, 1.54) is 11.3 Å². The average Bonchev–Trinajstić information content (AvgIpc) is 3.79. The number of nitrogen functional groups attached to an aromatic ring is 1. The third kappa shape index (κ3) is 8.00. The van der Waals surface area contributed by atoms with E-state index in [4.69, 9.17) is 26.4 Å². The van der Waals surface area contributed by atoms with Gasteiger partial charge in [-0.3, -0.25) is 24.3 Å². The molecular formula is C34H47N10O5SSi+. The molecule has 0 radical (unpaired) electrons. The molecule has 0 bridgehead atoms. The molecular weight excluding hydrogens is 689 g/mol. The van der Waals surface area contributed by atoms with Crippen molar-refractivity contribution in [3.8, 4) is 5.75 Å². The molecule has 0 atom stereocenters. The van der Waals surface area contributed by atoms with Crippen LogP contribution in [0.5, 0.6) is 5.75 Å². The van der Waals surface area contributed by atoms with E-state index in [0.29, 0.717) is 82.9 Å². The number of aryl methyl sites for hydroxylation is 2. The molecule has 0 saturated carbocycles. The second-order valence-corrected chi connectivity index (χ2v) is 19.6. The number of nitrogens with one attached hydrogen (secondary N) is 2. The second-order valence-electron chi connectivity index (χ2n) is 13.8. The van der Waals surface area contributed by atoms with E-state index in [2.05, 4.69) is 54.2 Å². The second kappa shape index (κ2) is 14.7. The normalized spacial score (nSPS) is 12.4. The van der Waals surface area contributed by atoms with Crippen LogP contribution in [0.4, 0.5) is 11.9 Å². The predicted octanol–water partition coefficient (Wildman–Crippen LogP) is 4.47. The fourth-order valence-electron chi connectivity index (χ4n) is 5.32. The quantitative estimate of drug-likeness (QED) is 0.0446. The van der Waals surface area contributed by atoms with Gasteiger partial charge in [0.15, 0.2) is 14.9 Å². The number of H-pyrrole nitrogens is 1. The molecule has 15 nitrogen and oxygen atoms in total. The molecule has 5 rings (SSSR count). The Morgan fingerprint density at radius 1 is 1.02 bits per heavy atom. The lowest BCUT2D eigenvalue weighted by Crippen LogP contribution is -2.41. The molecule has 0 aliphatic rings. The van der Waals surface area contributed by atoms with E-state index in [0.717, 1.165) is 5.69 Å². The molecule has 8 N–H and O–H groups in total. The van der Waals surface area contributed by atoms with E-state index < -0.39 is 20.1 Å². The number of nitrogens with zero attached hydrogens (tertiary/aromatic N) is 5. The number of nitrogens with two attached hydrogens (primary N) is 3. The molecule has 5 aromatic rings. The van der Waals surface area contributed by atoms with Crippen LogP contribution in [-0.4, -0.2) is 63.5 Å². The van der Waals surface area contributed by atoms with Gasteiger partial charge in [-0.1, -0.05) is 32.9 Å². The smallest absolute Gasteiger partial charge is 0.325 e. The standard InChI is InChI=1S/C34H46N10O5SSi/c1-8-44-24(16-20(2)41-44)30(47)40-33-39-23-19-26(29(36)46)50-31(23)43(33)13-10-9-12-42-27-22(38-32(42)37)17-21(28(35)45)18-25(27)48-14-11-15-49-51(6,7)34(3,4)5/h9-10,16-19H,8,11-15H2,1-7H3,(H7,35,36,37,38,39,40,45,46,47)/p+1/b10-9+. The minimum Gasteiger partial charge on any atom is -0.491 e. The summed E-state index contributed by atoms with van der Waals surface area (Å²) in [5, 5.41) is 6.17. The number of allylic oxidation sites excluding steroid dienone is 2. The number of primary amides is 2. The van der Waals surface area contributed by atoms with Gasteiger partial charge in [0.05, 0.1) is 22.7 Å². The number of ether oxygens (including phenoxy) is 1. The van der Waals surface area contributed by atoms with Crippen LogP contribution < -0.4 is 31.9 Å². The number of fused-ring (bicyclic) bond motifs is 2. The van der Waals surface area contributed by atoms with Crippen molar-refractivity contribution in [3.05, 3.63) is 58.2 Å². The summed E-state index contributed by atoms with van der Waals surface area (Å²) in [5.41, 5.74) is 20.8. The summed E-state index contributed by atoms with van der Waals surface area (Å²) in [6.45, 7) is 16.9. The van der Waals surface area contributed by atoms with Crippen molar-refractivity contribution in [3.63, 3.8) is 0 Å². The van der Waals surface area contributed by atoms with E-state index in [1.54, 1.807) is 33.5 Å². The van der Waals surface area contributed by atoms with Crippen molar-refractivity contribution in [2.45, 2.75) is 78.8 Å². The lowest BCUT2D eigenvalue weighted by Gasteiger charge is -2.36. The van der Waals surface area contributed by atoms with Gasteiger partial charge < -0.3 is 30.9 Å². The molecule has 0 unspecified atom stereocenters. The SMILES string of the molecule is CC[n+]1[nH]c(C)cc1C(=O)Nc1nc2cc(C(N)=O)sc2n1C/C=C/Cn1c(N)nc2cc(C(N)=O)cc(OCCCO[Si](C)(C)C(C)(C)C)c21. The summed E-state index contributed by atoms with van der Waals surface area (Å²) in [4.78, 5) is 47.5. The highest BCUT2D eigenvalue weighted by Gasteiger charge is 2.36. The predicted molar refractivity (Wildman–Crippen MR) is 201 cm³/mol. The highest BCUT2D eigenvalue weighted by Crippen LogP contribution is 2.37. The van der Waals surface area contributed by atoms with Gasteiger partial charge in [0.25, 0.3) is 11.6 Å². The third-order valence-electron chi connectivity index (χ3n) is 9.07. The summed E-state index contributed by atoms with van der Waals surface area (Å²) in [5.74, 6) is -0.491. The van der Waals surface area contributed by atoms with E-state index in [1.807, 2.05) is 30.6 Å². The summed E-state index contributed by atoms with van der Waals surface area (Å²) in [6, 6.07) is 6.59. The first-order chi connectivity index (χ1) is 24.0. The number of carbonyl (C=O) groups excluding carboxylic acids is 3. The average molecular weight is 736 g/mol. The van der Waals surface area contributed by atoms with Gasteiger partial charge in [0.1, 0.15) is 21.6 Å². The number of carbonyl (C=O) groups is 3. The zero-order chi connectivity index (χ0) is 37.2. The Morgan fingerprint density at radius 3 is 2.37 bits per heavy atom. The van der Waals surface area contributed by atoms with E-state index >= 15 is 0 Å². The highest BCUT2D eigenvalue weighted by molar-refractivity contribution is 7.20. The van der Waals surface area contributed by atoms with E-state index in [-0.39, 0.29) is 22.5 Å². The number of thiophene rings is 1. The lowest BCUT2D eigenvalue weighted by atomic mass is 10.1. The third-order valence-corrected chi connectivity index (χ3v) is 14.8. The topological polar surface area (TPSA) is 215 Å². The molecule has 3 amide bonds. The minimum atomic E-state index is -1.90. The molecule has 0 spiro atoms. The summed E-state index contributed by atoms with van der Waals surface area (Å²) >= 11 is 1.20. The molecule has 0 saturated heterocycles. The number of imidazole rings is 2. The van der Waals surface area contributed by atoms with Gasteiger partial charge in [-0.25, -0.2) is 9.97 Å². The summed E-state index contributed by atoms with van der Waals surface area (Å²) in [7, 11) is -1.90. The largest absolute Gasteiger partial charge is 0.491 e. The van der Waals surface area contributed by atoms with Crippen molar-refractivity contribution in [2.75, 3.05) is 24.3 Å². The molecule has 1 aromatic carbocycles. The van der Waals surface area contributed by atoms with Crippen LogP contribution in [0.1, 0.15) is 70.3 Å². The lowest BCUT2D eigenvalue weighted by molar-refractivity contribution is -0.748. The van der Waals surface area contributed by atoms with Crippen LogP contribution in [-0.2, 0) is 24.1 Å². The number of aromatic amines is 1. The maximum Gasteiger partial charge on any atom is 0.325 e. The van der Waals surface area contributed by atoms with Gasteiger partial charge in [-0.05, 0) is 50.2 Å². The van der Waals surface area contributed by atoms with Gasteiger partial charge in [0, 0.05) is 37.7 Å². The van der Waals surface area contributed by atoms with Crippen LogP contribution in [0, 0.1) is 6.92 Å². The summed E-state index contributed by atoms with van der Waals surface area (Å²) in [6.07, 6.45) is 4.45. The number of benzene rings is 1. The van der Waals surface area contributed by atoms with Crippen molar-refractivity contribution >= 4 is 70.7 Å². The zero-order valence-corrected chi connectivity index (χ0v) is 31.9. The Morgan fingerprint density at radius 2 is 1.73 bits per heavy atom. The first-order valence-electron chi connectivity index (χ1n) is 16.7. The molecule has 0 aliphatic carbocycles. The Balaban J connectivity index is 1.37. The fraction of sp³-hybridized carbons (Fsp3) is 0.412. The Labute approximate surface area is 300 Å². The zero-order valence-electron chi connectivity index (χ0n) is 30.1. The molecule has 17 heteroatoms. The van der Waals surface area contributed by atoms with Gasteiger partial charge in [0.2, 0.25) is 17.8 Å².